The number of nitrogens with one attached hydrogen (secondary N) is 2. The van der Waals surface area contributed by atoms with Crippen LogP contribution in [0.3, 0.4) is 0 Å². The number of anilines is 1. The van der Waals surface area contributed by atoms with Crippen LogP contribution in [0.15, 0.2) is 22.7 Å². The molecule has 1 aliphatic rings. The van der Waals surface area contributed by atoms with Gasteiger partial charge in [0.2, 0.25) is 5.91 Å². The molecule has 5 nitrogen and oxygen atoms in total. The first-order valence-electron chi connectivity index (χ1n) is 7.08. The van der Waals surface area contributed by atoms with Crippen LogP contribution in [0, 0.1) is 0 Å². The first-order valence-corrected chi connectivity index (χ1v) is 7.87. The van der Waals surface area contributed by atoms with E-state index in [-0.39, 0.29) is 11.5 Å². The van der Waals surface area contributed by atoms with Crippen LogP contribution in [0.5, 0.6) is 0 Å². The molecule has 0 spiro atoms. The Bertz CT molecular complexity index is 554. The molecule has 1 heterocycles. The Labute approximate surface area is 132 Å². The van der Waals surface area contributed by atoms with Crippen molar-refractivity contribution in [1.82, 2.24) is 5.32 Å². The van der Waals surface area contributed by atoms with Gasteiger partial charge in [-0.05, 0) is 44.0 Å². The van der Waals surface area contributed by atoms with E-state index in [0.29, 0.717) is 5.69 Å². The highest BCUT2D eigenvalue weighted by Crippen LogP contribution is 2.28. The van der Waals surface area contributed by atoms with E-state index in [1.165, 1.54) is 6.07 Å². The Kier molecular flexibility index (Phi) is 5.00. The van der Waals surface area contributed by atoms with E-state index in [1.54, 1.807) is 12.1 Å². The average Bonchev–Trinajstić information content (AvgIpc) is 2.88. The largest absolute Gasteiger partial charge is 0.478 e. The fourth-order valence-corrected chi connectivity index (χ4v) is 3.16. The van der Waals surface area contributed by atoms with Gasteiger partial charge in [0, 0.05) is 4.47 Å². The smallest absolute Gasteiger partial charge is 0.337 e. The van der Waals surface area contributed by atoms with Gasteiger partial charge in [0.25, 0.3) is 0 Å². The third-order valence-corrected chi connectivity index (χ3v) is 4.31. The highest BCUT2D eigenvalue weighted by molar-refractivity contribution is 9.10. The minimum atomic E-state index is -1.05. The minimum Gasteiger partial charge on any atom is -0.478 e. The molecule has 3 N–H and O–H groups in total. The maximum atomic E-state index is 12.6. The maximum Gasteiger partial charge on any atom is 0.337 e. The summed E-state index contributed by atoms with van der Waals surface area (Å²) in [6, 6.07) is 4.75. The van der Waals surface area contributed by atoms with E-state index < -0.39 is 11.5 Å². The number of carboxylic acids is 1. The summed E-state index contributed by atoms with van der Waals surface area (Å²) in [4.78, 5) is 23.9. The van der Waals surface area contributed by atoms with Crippen molar-refractivity contribution in [1.29, 1.82) is 0 Å². The molecule has 1 amide bonds. The zero-order chi connectivity index (χ0) is 15.5. The van der Waals surface area contributed by atoms with E-state index >= 15 is 0 Å². The molecule has 0 radical (unpaired) electrons. The van der Waals surface area contributed by atoms with Crippen LogP contribution in [0.1, 0.15) is 43.0 Å². The third kappa shape index (κ3) is 3.44. The van der Waals surface area contributed by atoms with Crippen LogP contribution in [0.2, 0.25) is 0 Å². The molecule has 114 valence electrons. The second-order valence-corrected chi connectivity index (χ2v) is 6.23. The van der Waals surface area contributed by atoms with Crippen molar-refractivity contribution in [3.8, 4) is 0 Å². The molecule has 1 unspecified atom stereocenters. The van der Waals surface area contributed by atoms with E-state index in [9.17, 15) is 14.7 Å². The van der Waals surface area contributed by atoms with Crippen LogP contribution in [-0.4, -0.2) is 29.1 Å². The number of carbonyl (C=O) groups excluding carboxylic acids is 1. The fraction of sp³-hybridized carbons (Fsp3) is 0.467. The van der Waals surface area contributed by atoms with Gasteiger partial charge in [0.15, 0.2) is 0 Å². The van der Waals surface area contributed by atoms with Gasteiger partial charge in [-0.25, -0.2) is 4.79 Å². The predicted octanol–water partition coefficient (Wildman–Crippen LogP) is 3.01. The Morgan fingerprint density at radius 2 is 2.24 bits per heavy atom. The lowest BCUT2D eigenvalue weighted by molar-refractivity contribution is -0.122. The molecule has 1 fully saturated rings. The molecule has 1 aromatic carbocycles. The number of halogens is 1. The molecule has 0 aromatic heterocycles. The molecule has 21 heavy (non-hydrogen) atoms. The monoisotopic (exact) mass is 354 g/mol. The number of benzene rings is 1. The zero-order valence-corrected chi connectivity index (χ0v) is 13.5. The fourth-order valence-electron chi connectivity index (χ4n) is 2.80. The summed E-state index contributed by atoms with van der Waals surface area (Å²) in [5, 5.41) is 15.3. The summed E-state index contributed by atoms with van der Waals surface area (Å²) >= 11 is 3.30. The van der Waals surface area contributed by atoms with Crippen LogP contribution >= 0.6 is 15.9 Å². The quantitative estimate of drug-likeness (QED) is 0.759. The zero-order valence-electron chi connectivity index (χ0n) is 11.9. The molecule has 6 heteroatoms. The lowest BCUT2D eigenvalue weighted by Gasteiger charge is -2.28. The first kappa shape index (κ1) is 16.0. The van der Waals surface area contributed by atoms with Gasteiger partial charge in [-0.15, -0.1) is 0 Å². The number of hydrogen-bond acceptors (Lipinski definition) is 3. The normalized spacial score (nSPS) is 21.2. The summed E-state index contributed by atoms with van der Waals surface area (Å²) in [7, 11) is 0. The predicted molar refractivity (Wildman–Crippen MR) is 84.6 cm³/mol. The van der Waals surface area contributed by atoms with Crippen molar-refractivity contribution in [3.05, 3.63) is 28.2 Å². The number of carboxylic acid groups (broad SMARTS) is 1. The number of amides is 1. The number of hydrogen-bond donors (Lipinski definition) is 3. The highest BCUT2D eigenvalue weighted by Gasteiger charge is 2.40. The summed E-state index contributed by atoms with van der Waals surface area (Å²) < 4.78 is 0.728. The number of carbonyl (C=O) groups is 2. The van der Waals surface area contributed by atoms with Crippen molar-refractivity contribution in [2.24, 2.45) is 0 Å². The van der Waals surface area contributed by atoms with Crippen LogP contribution in [0.25, 0.3) is 0 Å². The molecule has 0 saturated carbocycles. The second kappa shape index (κ2) is 6.58. The van der Waals surface area contributed by atoms with Gasteiger partial charge in [-0.3, -0.25) is 4.79 Å². The molecule has 1 atom stereocenters. The lowest BCUT2D eigenvalue weighted by atomic mass is 9.90. The van der Waals surface area contributed by atoms with Gasteiger partial charge in [0.1, 0.15) is 0 Å². The first-order chi connectivity index (χ1) is 9.98. The van der Waals surface area contributed by atoms with Gasteiger partial charge in [-0.2, -0.15) is 0 Å². The molecule has 0 aliphatic carbocycles. The minimum absolute atomic E-state index is 0.0937. The number of aromatic carboxylic acids is 1. The van der Waals surface area contributed by atoms with E-state index in [0.717, 1.165) is 36.7 Å². The van der Waals surface area contributed by atoms with Crippen molar-refractivity contribution in [3.63, 3.8) is 0 Å². The van der Waals surface area contributed by atoms with Crippen LogP contribution in [-0.2, 0) is 4.79 Å². The summed E-state index contributed by atoms with van der Waals surface area (Å²) in [6.45, 7) is 2.86. The molecule has 1 aromatic rings. The third-order valence-electron chi connectivity index (χ3n) is 3.82. The van der Waals surface area contributed by atoms with Crippen molar-refractivity contribution >= 4 is 33.5 Å². The van der Waals surface area contributed by atoms with Crippen LogP contribution in [0.4, 0.5) is 5.69 Å². The van der Waals surface area contributed by atoms with Gasteiger partial charge in [0.05, 0.1) is 16.8 Å². The van der Waals surface area contributed by atoms with Gasteiger partial charge < -0.3 is 15.7 Å². The molecule has 2 rings (SSSR count). The van der Waals surface area contributed by atoms with Crippen LogP contribution < -0.4 is 10.6 Å². The van der Waals surface area contributed by atoms with Crippen molar-refractivity contribution in [2.75, 3.05) is 11.9 Å². The van der Waals surface area contributed by atoms with E-state index in [1.807, 2.05) is 6.92 Å². The summed E-state index contributed by atoms with van der Waals surface area (Å²) in [5.74, 6) is -1.20. The topological polar surface area (TPSA) is 78.4 Å². The highest BCUT2D eigenvalue weighted by atomic mass is 79.9. The van der Waals surface area contributed by atoms with Gasteiger partial charge in [-0.1, -0.05) is 29.3 Å². The Morgan fingerprint density at radius 1 is 1.48 bits per heavy atom. The Hall–Kier alpha value is -1.40. The molecule has 1 aliphatic heterocycles. The van der Waals surface area contributed by atoms with Crippen molar-refractivity contribution < 1.29 is 14.7 Å². The summed E-state index contributed by atoms with van der Waals surface area (Å²) in [5.41, 5.74) is -0.158. The SMILES string of the molecule is CCCC1(C(=O)Nc2cc(Br)ccc2C(=O)O)CCCN1. The maximum absolute atomic E-state index is 12.6. The van der Waals surface area contributed by atoms with Gasteiger partial charge >= 0.3 is 5.97 Å². The summed E-state index contributed by atoms with van der Waals surface area (Å²) in [6.07, 6.45) is 3.38. The Balaban J connectivity index is 2.26. The second-order valence-electron chi connectivity index (χ2n) is 5.31. The lowest BCUT2D eigenvalue weighted by Crippen LogP contribution is -2.50. The molecule has 1 saturated heterocycles. The van der Waals surface area contributed by atoms with E-state index in [2.05, 4.69) is 26.6 Å². The average molecular weight is 355 g/mol. The Morgan fingerprint density at radius 3 is 2.81 bits per heavy atom. The standard InChI is InChI=1S/C15H19BrN2O3/c1-2-6-15(7-3-8-17-15)14(21)18-12-9-10(16)4-5-11(12)13(19)20/h4-5,9,17H,2-3,6-8H2,1H3,(H,18,21)(H,19,20). The van der Waals surface area contributed by atoms with E-state index in [4.69, 9.17) is 0 Å². The van der Waals surface area contributed by atoms with Crippen molar-refractivity contribution in [2.45, 2.75) is 38.1 Å². The number of rotatable bonds is 5. The molecular formula is C15H19BrN2O3. The molecule has 0 bridgehead atoms. The molecular weight excluding hydrogens is 336 g/mol.